The molecule has 7 nitrogen and oxygen atoms in total. The third kappa shape index (κ3) is 9.20. The van der Waals surface area contributed by atoms with Gasteiger partial charge in [0.25, 0.3) is 0 Å². The van der Waals surface area contributed by atoms with Crippen LogP contribution in [0.2, 0.25) is 10.0 Å². The number of nitrogens with zero attached hydrogens (tertiary/aromatic N) is 2. The average molecular weight is 571 g/mol. The third-order valence-corrected chi connectivity index (χ3v) is 7.89. The van der Waals surface area contributed by atoms with Crippen molar-refractivity contribution in [1.82, 2.24) is 10.2 Å². The van der Waals surface area contributed by atoms with E-state index in [2.05, 4.69) is 5.32 Å². The first-order valence-corrected chi connectivity index (χ1v) is 14.9. The van der Waals surface area contributed by atoms with E-state index in [1.807, 2.05) is 45.9 Å². The van der Waals surface area contributed by atoms with Crippen LogP contribution in [-0.2, 0) is 26.2 Å². The van der Waals surface area contributed by atoms with Gasteiger partial charge in [0.05, 0.1) is 22.0 Å². The zero-order chi connectivity index (χ0) is 27.9. The average Bonchev–Trinajstić information content (AvgIpc) is 2.81. The number of carbonyl (C=O) groups is 2. The molecule has 0 saturated carbocycles. The Hall–Kier alpha value is -2.29. The van der Waals surface area contributed by atoms with E-state index in [1.165, 1.54) is 9.21 Å². The summed E-state index contributed by atoms with van der Waals surface area (Å²) in [4.78, 5) is 27.7. The number of hydrogen-bond acceptors (Lipinski definition) is 4. The van der Waals surface area contributed by atoms with Crippen LogP contribution in [0.5, 0.6) is 0 Å². The molecule has 0 aliphatic carbocycles. The number of anilines is 1. The van der Waals surface area contributed by atoms with Gasteiger partial charge in [-0.2, -0.15) is 0 Å². The van der Waals surface area contributed by atoms with Crippen LogP contribution in [0.15, 0.2) is 36.4 Å². The first kappa shape index (κ1) is 30.9. The van der Waals surface area contributed by atoms with Crippen molar-refractivity contribution in [2.75, 3.05) is 23.7 Å². The number of aryl methyl sites for hydroxylation is 2. The summed E-state index contributed by atoms with van der Waals surface area (Å²) in [6.07, 6.45) is 1.52. The lowest BCUT2D eigenvalue weighted by atomic mass is 10.1. The summed E-state index contributed by atoms with van der Waals surface area (Å²) in [7, 11) is -3.56. The Morgan fingerprint density at radius 3 is 2.27 bits per heavy atom. The molecule has 0 aliphatic rings. The van der Waals surface area contributed by atoms with Crippen LogP contribution in [0, 0.1) is 19.8 Å². The van der Waals surface area contributed by atoms with E-state index in [1.54, 1.807) is 25.1 Å². The van der Waals surface area contributed by atoms with Crippen molar-refractivity contribution in [3.63, 3.8) is 0 Å². The van der Waals surface area contributed by atoms with Crippen LogP contribution in [0.1, 0.15) is 50.3 Å². The number of sulfonamides is 1. The van der Waals surface area contributed by atoms with E-state index < -0.39 is 16.1 Å². The quantitative estimate of drug-likeness (QED) is 0.373. The Morgan fingerprint density at radius 1 is 1.00 bits per heavy atom. The van der Waals surface area contributed by atoms with Crippen LogP contribution in [0.4, 0.5) is 5.69 Å². The second-order valence-corrected chi connectivity index (χ2v) is 12.5. The van der Waals surface area contributed by atoms with E-state index in [-0.39, 0.29) is 43.7 Å². The van der Waals surface area contributed by atoms with Gasteiger partial charge in [0.15, 0.2) is 0 Å². The molecule has 0 spiro atoms. The lowest BCUT2D eigenvalue weighted by Crippen LogP contribution is -2.48. The van der Waals surface area contributed by atoms with Crippen LogP contribution >= 0.6 is 23.2 Å². The Balaban J connectivity index is 2.22. The van der Waals surface area contributed by atoms with Gasteiger partial charge in [0.1, 0.15) is 6.04 Å². The fraction of sp³-hybridized carbons (Fsp3) is 0.481. The summed E-state index contributed by atoms with van der Waals surface area (Å²) in [5, 5.41) is 3.65. The molecule has 0 aliphatic heterocycles. The molecule has 0 bridgehead atoms. The van der Waals surface area contributed by atoms with E-state index in [0.29, 0.717) is 22.3 Å². The SMILES string of the molecule is Cc1ccc(C)c(N(CCCC(=O)N(Cc2ccc(Cl)c(Cl)c2)[C@H](C)C(=O)NCC(C)C)S(C)(=O)=O)c1. The van der Waals surface area contributed by atoms with Gasteiger partial charge in [-0.1, -0.05) is 55.2 Å². The van der Waals surface area contributed by atoms with Gasteiger partial charge in [-0.15, -0.1) is 0 Å². The fourth-order valence-electron chi connectivity index (χ4n) is 3.84. The monoisotopic (exact) mass is 569 g/mol. The molecule has 1 atom stereocenters. The minimum atomic E-state index is -3.56. The number of rotatable bonds is 12. The number of hydrogen-bond donors (Lipinski definition) is 1. The highest BCUT2D eigenvalue weighted by Crippen LogP contribution is 2.26. The molecule has 10 heteroatoms. The standard InChI is InChI=1S/C27H37Cl2N3O4S/c1-18(2)16-30-27(34)21(5)31(17-22-11-12-23(28)24(29)15-22)26(33)8-7-13-32(37(6,35)36)25-14-19(3)9-10-20(25)4/h9-12,14-15,18,21H,7-8,13,16-17H2,1-6H3,(H,30,34)/t21-/m1/s1. The first-order valence-electron chi connectivity index (χ1n) is 12.3. The molecule has 2 rings (SSSR count). The molecular weight excluding hydrogens is 533 g/mol. The molecule has 0 heterocycles. The van der Waals surface area contributed by atoms with Crippen molar-refractivity contribution in [3.8, 4) is 0 Å². The number of halogens is 2. The summed E-state index contributed by atoms with van der Waals surface area (Å²) < 4.78 is 26.5. The lowest BCUT2D eigenvalue weighted by Gasteiger charge is -2.30. The van der Waals surface area contributed by atoms with Crippen molar-refractivity contribution in [3.05, 3.63) is 63.1 Å². The highest BCUT2D eigenvalue weighted by molar-refractivity contribution is 7.92. The topological polar surface area (TPSA) is 86.8 Å². The summed E-state index contributed by atoms with van der Waals surface area (Å²) in [5.74, 6) is -0.245. The maximum Gasteiger partial charge on any atom is 0.242 e. The van der Waals surface area contributed by atoms with Gasteiger partial charge in [0.2, 0.25) is 21.8 Å². The Morgan fingerprint density at radius 2 is 1.68 bits per heavy atom. The molecule has 0 fully saturated rings. The molecule has 0 unspecified atom stereocenters. The van der Waals surface area contributed by atoms with Gasteiger partial charge in [-0.25, -0.2) is 8.42 Å². The van der Waals surface area contributed by atoms with Crippen molar-refractivity contribution >= 4 is 50.7 Å². The number of carbonyl (C=O) groups excluding carboxylic acids is 2. The second-order valence-electron chi connectivity index (χ2n) is 9.81. The Bertz CT molecular complexity index is 1220. The number of amides is 2. The Kier molecular flexibility index (Phi) is 11.3. The number of benzene rings is 2. The fourth-order valence-corrected chi connectivity index (χ4v) is 5.18. The van der Waals surface area contributed by atoms with Crippen LogP contribution < -0.4 is 9.62 Å². The molecule has 0 saturated heterocycles. The molecule has 2 amide bonds. The second kappa shape index (κ2) is 13.5. The van der Waals surface area contributed by atoms with Crippen LogP contribution in [0.25, 0.3) is 0 Å². The smallest absolute Gasteiger partial charge is 0.242 e. The van der Waals surface area contributed by atoms with Gasteiger partial charge in [0, 0.05) is 26.1 Å². The lowest BCUT2D eigenvalue weighted by molar-refractivity contribution is -0.140. The van der Waals surface area contributed by atoms with Gasteiger partial charge < -0.3 is 10.2 Å². The van der Waals surface area contributed by atoms with E-state index in [0.717, 1.165) is 22.9 Å². The highest BCUT2D eigenvalue weighted by Gasteiger charge is 2.27. The normalized spacial score (nSPS) is 12.4. The van der Waals surface area contributed by atoms with Crippen molar-refractivity contribution in [2.45, 2.75) is 60.0 Å². The Labute approximate surface area is 231 Å². The van der Waals surface area contributed by atoms with Crippen molar-refractivity contribution in [2.24, 2.45) is 5.92 Å². The summed E-state index contributed by atoms with van der Waals surface area (Å²) in [5.41, 5.74) is 3.11. The molecule has 0 aromatic heterocycles. The predicted octanol–water partition coefficient (Wildman–Crippen LogP) is 5.35. The molecule has 2 aromatic carbocycles. The third-order valence-electron chi connectivity index (χ3n) is 5.97. The zero-order valence-electron chi connectivity index (χ0n) is 22.3. The molecule has 1 N–H and O–H groups in total. The summed E-state index contributed by atoms with van der Waals surface area (Å²) in [6.45, 7) is 10.2. The van der Waals surface area contributed by atoms with Crippen LogP contribution in [-0.4, -0.2) is 50.5 Å². The predicted molar refractivity (Wildman–Crippen MR) is 152 cm³/mol. The zero-order valence-corrected chi connectivity index (χ0v) is 24.7. The highest BCUT2D eigenvalue weighted by atomic mass is 35.5. The maximum absolute atomic E-state index is 13.4. The first-order chi connectivity index (χ1) is 17.2. The van der Waals surface area contributed by atoms with Gasteiger partial charge in [-0.3, -0.25) is 13.9 Å². The minimum absolute atomic E-state index is 0.0695. The van der Waals surface area contributed by atoms with Gasteiger partial charge in [-0.05, 0) is 68.0 Å². The van der Waals surface area contributed by atoms with E-state index in [9.17, 15) is 18.0 Å². The van der Waals surface area contributed by atoms with Crippen molar-refractivity contribution < 1.29 is 18.0 Å². The molecule has 204 valence electrons. The molecule has 0 radical (unpaired) electrons. The molecular formula is C27H37Cl2N3O4S. The van der Waals surface area contributed by atoms with E-state index in [4.69, 9.17) is 23.2 Å². The summed E-state index contributed by atoms with van der Waals surface area (Å²) >= 11 is 12.2. The molecule has 2 aromatic rings. The van der Waals surface area contributed by atoms with Gasteiger partial charge >= 0.3 is 0 Å². The van der Waals surface area contributed by atoms with E-state index >= 15 is 0 Å². The minimum Gasteiger partial charge on any atom is -0.354 e. The largest absolute Gasteiger partial charge is 0.354 e. The number of nitrogens with one attached hydrogen (secondary N) is 1. The molecule has 37 heavy (non-hydrogen) atoms. The summed E-state index contributed by atoms with van der Waals surface area (Å²) in [6, 6.07) is 9.99. The maximum atomic E-state index is 13.4. The van der Waals surface area contributed by atoms with Crippen molar-refractivity contribution in [1.29, 1.82) is 0 Å². The van der Waals surface area contributed by atoms with Crippen LogP contribution in [0.3, 0.4) is 0 Å².